The number of carbonyl (C=O) groups is 1. The van der Waals surface area contributed by atoms with Crippen molar-refractivity contribution in [3.05, 3.63) is 76.2 Å². The highest BCUT2D eigenvalue weighted by atomic mass is 16.2. The molecule has 24 heavy (non-hydrogen) atoms. The van der Waals surface area contributed by atoms with Crippen LogP contribution in [0.5, 0.6) is 0 Å². The van der Waals surface area contributed by atoms with Gasteiger partial charge in [0, 0.05) is 43.5 Å². The van der Waals surface area contributed by atoms with Crippen LogP contribution in [0, 0.1) is 0 Å². The number of benzene rings is 1. The Morgan fingerprint density at radius 1 is 1.38 bits per heavy atom. The van der Waals surface area contributed by atoms with E-state index in [0.29, 0.717) is 18.5 Å². The van der Waals surface area contributed by atoms with Crippen molar-refractivity contribution in [1.29, 1.82) is 0 Å². The Hall–Kier alpha value is -2.88. The third-order valence-corrected chi connectivity index (χ3v) is 4.18. The Balaban J connectivity index is 2.18. The molecule has 4 nitrogen and oxygen atoms in total. The van der Waals surface area contributed by atoms with Gasteiger partial charge in [-0.2, -0.15) is 0 Å². The number of allylic oxidation sites excluding steroid dienone is 2. The van der Waals surface area contributed by atoms with Gasteiger partial charge in [-0.1, -0.05) is 30.4 Å². The van der Waals surface area contributed by atoms with Crippen molar-refractivity contribution in [3.63, 3.8) is 0 Å². The van der Waals surface area contributed by atoms with E-state index < -0.39 is 0 Å². The second-order valence-corrected chi connectivity index (χ2v) is 6.07. The maximum Gasteiger partial charge on any atom is 0.254 e. The van der Waals surface area contributed by atoms with Crippen molar-refractivity contribution in [2.24, 2.45) is 0 Å². The molecule has 1 aliphatic carbocycles. The molecule has 0 fully saturated rings. The minimum Gasteiger partial charge on any atom is -0.345 e. The minimum atomic E-state index is -0.0385. The first-order valence-electron chi connectivity index (χ1n) is 7.88. The summed E-state index contributed by atoms with van der Waals surface area (Å²) in [5.74, 6) is -0.0385. The van der Waals surface area contributed by atoms with E-state index in [0.717, 1.165) is 22.3 Å². The first-order valence-corrected chi connectivity index (χ1v) is 7.88. The standard InChI is InChI=1S/C20H20N2O2/c1-4-11-22-13-18(16-9-6-10-17(16)20(22)24)14-7-5-8-15(12-14)19(23)21(2)3/h4-9,12-13H,1,10-11H2,2-3H3. The average molecular weight is 320 g/mol. The van der Waals surface area contributed by atoms with E-state index in [1.165, 1.54) is 0 Å². The number of fused-ring (bicyclic) bond motifs is 1. The summed E-state index contributed by atoms with van der Waals surface area (Å²) in [4.78, 5) is 26.3. The van der Waals surface area contributed by atoms with Gasteiger partial charge < -0.3 is 9.47 Å². The smallest absolute Gasteiger partial charge is 0.254 e. The molecule has 3 rings (SSSR count). The molecule has 0 spiro atoms. The monoisotopic (exact) mass is 320 g/mol. The molecule has 0 radical (unpaired) electrons. The fraction of sp³-hybridized carbons (Fsp3) is 0.200. The SMILES string of the molecule is C=CCn1cc(-c2cccc(C(=O)N(C)C)c2)c2c(c1=O)CC=C2. The van der Waals surface area contributed by atoms with Gasteiger partial charge >= 0.3 is 0 Å². The number of amides is 1. The predicted molar refractivity (Wildman–Crippen MR) is 97.1 cm³/mol. The summed E-state index contributed by atoms with van der Waals surface area (Å²) in [6.07, 6.45) is 8.21. The lowest BCUT2D eigenvalue weighted by atomic mass is 9.97. The predicted octanol–water partition coefficient (Wildman–Crippen LogP) is 2.97. The number of pyridine rings is 1. The zero-order valence-electron chi connectivity index (χ0n) is 14.0. The van der Waals surface area contributed by atoms with Crippen molar-refractivity contribution >= 4 is 12.0 Å². The van der Waals surface area contributed by atoms with Crippen LogP contribution in [-0.2, 0) is 13.0 Å². The zero-order valence-corrected chi connectivity index (χ0v) is 14.0. The Kier molecular flexibility index (Phi) is 4.21. The van der Waals surface area contributed by atoms with Crippen LogP contribution in [0.2, 0.25) is 0 Å². The van der Waals surface area contributed by atoms with E-state index in [2.05, 4.69) is 6.58 Å². The van der Waals surface area contributed by atoms with Crippen LogP contribution in [0.1, 0.15) is 21.5 Å². The molecule has 1 heterocycles. The van der Waals surface area contributed by atoms with Crippen molar-refractivity contribution in [3.8, 4) is 11.1 Å². The van der Waals surface area contributed by atoms with Crippen molar-refractivity contribution < 1.29 is 4.79 Å². The molecular formula is C20H20N2O2. The van der Waals surface area contributed by atoms with E-state index in [9.17, 15) is 9.59 Å². The van der Waals surface area contributed by atoms with Gasteiger partial charge in [-0.25, -0.2) is 0 Å². The van der Waals surface area contributed by atoms with Gasteiger partial charge in [0.25, 0.3) is 11.5 Å². The maximum atomic E-state index is 12.5. The average Bonchev–Trinajstić information content (AvgIpc) is 3.07. The lowest BCUT2D eigenvalue weighted by Gasteiger charge is -2.14. The Morgan fingerprint density at radius 3 is 2.88 bits per heavy atom. The third kappa shape index (κ3) is 2.71. The summed E-state index contributed by atoms with van der Waals surface area (Å²) in [7, 11) is 3.47. The lowest BCUT2D eigenvalue weighted by Crippen LogP contribution is -2.23. The quantitative estimate of drug-likeness (QED) is 0.813. The van der Waals surface area contributed by atoms with Gasteiger partial charge in [0.1, 0.15) is 0 Å². The van der Waals surface area contributed by atoms with Crippen LogP contribution in [0.3, 0.4) is 0 Å². The van der Waals surface area contributed by atoms with Gasteiger partial charge in [-0.05, 0) is 29.7 Å². The molecule has 0 unspecified atom stereocenters. The molecule has 4 heteroatoms. The highest BCUT2D eigenvalue weighted by molar-refractivity contribution is 5.95. The molecule has 1 aliphatic rings. The molecule has 0 bridgehead atoms. The summed E-state index contributed by atoms with van der Waals surface area (Å²) in [6.45, 7) is 4.19. The summed E-state index contributed by atoms with van der Waals surface area (Å²) in [5, 5.41) is 0. The van der Waals surface area contributed by atoms with E-state index in [1.807, 2.05) is 42.6 Å². The van der Waals surface area contributed by atoms with Crippen LogP contribution < -0.4 is 5.56 Å². The maximum absolute atomic E-state index is 12.5. The van der Waals surface area contributed by atoms with E-state index in [4.69, 9.17) is 0 Å². The highest BCUT2D eigenvalue weighted by Gasteiger charge is 2.18. The zero-order chi connectivity index (χ0) is 17.3. The van der Waals surface area contributed by atoms with Crippen LogP contribution in [0.25, 0.3) is 17.2 Å². The van der Waals surface area contributed by atoms with E-state index in [-0.39, 0.29) is 11.5 Å². The molecular weight excluding hydrogens is 300 g/mol. The summed E-state index contributed by atoms with van der Waals surface area (Å²) >= 11 is 0. The van der Waals surface area contributed by atoms with Crippen LogP contribution in [0.4, 0.5) is 0 Å². The van der Waals surface area contributed by atoms with Crippen LogP contribution in [-0.4, -0.2) is 29.5 Å². The first kappa shape index (κ1) is 16.0. The largest absolute Gasteiger partial charge is 0.345 e. The Morgan fingerprint density at radius 2 is 2.17 bits per heavy atom. The summed E-state index contributed by atoms with van der Waals surface area (Å²) < 4.78 is 1.68. The number of aromatic nitrogens is 1. The first-order chi connectivity index (χ1) is 11.5. The number of carbonyl (C=O) groups excluding carboxylic acids is 1. The van der Waals surface area contributed by atoms with Crippen molar-refractivity contribution in [1.82, 2.24) is 9.47 Å². The Labute approximate surface area is 141 Å². The molecule has 1 aromatic heterocycles. The third-order valence-electron chi connectivity index (χ3n) is 4.18. The molecule has 122 valence electrons. The number of nitrogens with zero attached hydrogens (tertiary/aromatic N) is 2. The number of hydrogen-bond acceptors (Lipinski definition) is 2. The second kappa shape index (κ2) is 6.32. The van der Waals surface area contributed by atoms with E-state index in [1.54, 1.807) is 29.6 Å². The van der Waals surface area contributed by atoms with Crippen LogP contribution >= 0.6 is 0 Å². The molecule has 0 saturated heterocycles. The fourth-order valence-corrected chi connectivity index (χ4v) is 3.00. The van der Waals surface area contributed by atoms with Gasteiger partial charge in [-0.15, -0.1) is 6.58 Å². The van der Waals surface area contributed by atoms with Crippen molar-refractivity contribution in [2.45, 2.75) is 13.0 Å². The molecule has 0 atom stereocenters. The van der Waals surface area contributed by atoms with Gasteiger partial charge in [0.15, 0.2) is 0 Å². The topological polar surface area (TPSA) is 42.3 Å². The summed E-state index contributed by atoms with van der Waals surface area (Å²) in [5.41, 5.74) is 4.32. The minimum absolute atomic E-state index is 0.0270. The highest BCUT2D eigenvalue weighted by Crippen LogP contribution is 2.30. The van der Waals surface area contributed by atoms with E-state index >= 15 is 0 Å². The molecule has 0 N–H and O–H groups in total. The summed E-state index contributed by atoms with van der Waals surface area (Å²) in [6, 6.07) is 7.53. The van der Waals surface area contributed by atoms with Gasteiger partial charge in [-0.3, -0.25) is 9.59 Å². The fourth-order valence-electron chi connectivity index (χ4n) is 3.00. The second-order valence-electron chi connectivity index (χ2n) is 6.07. The molecule has 0 aliphatic heterocycles. The van der Waals surface area contributed by atoms with Gasteiger partial charge in [0.05, 0.1) is 0 Å². The molecule has 2 aromatic rings. The normalized spacial score (nSPS) is 12.1. The Bertz CT molecular complexity index is 904. The number of rotatable bonds is 4. The van der Waals surface area contributed by atoms with Crippen molar-refractivity contribution in [2.75, 3.05) is 14.1 Å². The molecule has 1 amide bonds. The molecule has 0 saturated carbocycles. The van der Waals surface area contributed by atoms with Crippen LogP contribution in [0.15, 0.2) is 54.0 Å². The molecule has 1 aromatic carbocycles. The van der Waals surface area contributed by atoms with Gasteiger partial charge in [0.2, 0.25) is 0 Å². The number of hydrogen-bond donors (Lipinski definition) is 0. The lowest BCUT2D eigenvalue weighted by molar-refractivity contribution is 0.0827.